The van der Waals surface area contributed by atoms with Crippen molar-refractivity contribution in [2.75, 3.05) is 6.54 Å². The summed E-state index contributed by atoms with van der Waals surface area (Å²) in [4.78, 5) is 36.4. The molecule has 126 valence electrons. The fraction of sp³-hybridized carbons (Fsp3) is 0.462. The first kappa shape index (κ1) is 17.3. The number of halogens is 3. The summed E-state index contributed by atoms with van der Waals surface area (Å²) in [5.74, 6) is -2.60. The van der Waals surface area contributed by atoms with Crippen molar-refractivity contribution in [1.82, 2.24) is 15.5 Å². The van der Waals surface area contributed by atoms with Crippen molar-refractivity contribution in [3.8, 4) is 0 Å². The maximum Gasteiger partial charge on any atom is 0.440 e. The summed E-state index contributed by atoms with van der Waals surface area (Å²) in [5.41, 5.74) is -3.43. The minimum absolute atomic E-state index is 0.00248. The largest absolute Gasteiger partial charge is 0.440 e. The van der Waals surface area contributed by atoms with E-state index >= 15 is 0 Å². The summed E-state index contributed by atoms with van der Waals surface area (Å²) in [6, 6.07) is 1.63. The maximum absolute atomic E-state index is 13.5. The lowest BCUT2D eigenvalue weighted by atomic mass is 10.1. The molecule has 2 rings (SSSR count). The smallest absolute Gasteiger partial charge is 0.313 e. The third-order valence-electron chi connectivity index (χ3n) is 3.31. The topological polar surface area (TPSA) is 78.5 Å². The number of rotatable bonds is 5. The normalized spacial score (nSPS) is 21.5. The molecular weight excluding hydrogens is 335 g/mol. The first-order chi connectivity index (χ1) is 10.7. The van der Waals surface area contributed by atoms with Crippen LogP contribution in [-0.2, 0) is 4.79 Å². The highest BCUT2D eigenvalue weighted by Gasteiger charge is 2.68. The number of nitrogens with zero attached hydrogens (tertiary/aromatic N) is 1. The Bertz CT molecular complexity index is 618. The first-order valence-electron chi connectivity index (χ1n) is 6.80. The summed E-state index contributed by atoms with van der Waals surface area (Å²) in [7, 11) is 0. The fourth-order valence-electron chi connectivity index (χ4n) is 2.08. The Hall–Kier alpha value is -2.10. The second kappa shape index (κ2) is 6.19. The highest BCUT2D eigenvalue weighted by Crippen LogP contribution is 2.34. The number of amides is 4. The molecule has 1 aromatic heterocycles. The molecule has 0 spiro atoms. The Kier molecular flexibility index (Phi) is 4.64. The highest BCUT2D eigenvalue weighted by atomic mass is 32.1. The van der Waals surface area contributed by atoms with E-state index in [-0.39, 0.29) is 11.4 Å². The van der Waals surface area contributed by atoms with Crippen LogP contribution in [0.25, 0.3) is 0 Å². The number of unbranched alkanes of at least 4 members (excludes halogenated alkanes) is 1. The molecule has 0 saturated carbocycles. The van der Waals surface area contributed by atoms with Crippen LogP contribution in [0.5, 0.6) is 0 Å². The zero-order valence-electron chi connectivity index (χ0n) is 12.1. The van der Waals surface area contributed by atoms with E-state index in [0.29, 0.717) is 17.7 Å². The molecule has 0 radical (unpaired) electrons. The van der Waals surface area contributed by atoms with Crippen molar-refractivity contribution in [3.05, 3.63) is 22.4 Å². The number of carbonyl (C=O) groups is 3. The molecule has 2 N–H and O–H groups in total. The number of carbonyl (C=O) groups excluding carboxylic acids is 3. The number of urea groups is 1. The van der Waals surface area contributed by atoms with Crippen molar-refractivity contribution < 1.29 is 27.6 Å². The van der Waals surface area contributed by atoms with Gasteiger partial charge in [-0.3, -0.25) is 19.8 Å². The molecule has 10 heteroatoms. The van der Waals surface area contributed by atoms with E-state index in [4.69, 9.17) is 0 Å². The molecule has 4 amide bonds. The number of thiophene rings is 1. The van der Waals surface area contributed by atoms with E-state index in [1.54, 1.807) is 17.6 Å². The van der Waals surface area contributed by atoms with Gasteiger partial charge < -0.3 is 5.32 Å². The fourth-order valence-corrected chi connectivity index (χ4v) is 2.70. The standard InChI is InChI=1S/C13H14F3N3O3S/c1-2-3-6-19-10(21)12(13(14,15)16,18-11(19)22)17-9(20)8-5-4-7-23-8/h4-5,7H,2-3,6H2,1H3,(H,17,20)(H,18,22)/t12-/m1/s1. The molecule has 2 heterocycles. The van der Waals surface area contributed by atoms with Crippen LogP contribution in [0.1, 0.15) is 29.4 Å². The van der Waals surface area contributed by atoms with Crippen LogP contribution >= 0.6 is 11.3 Å². The van der Waals surface area contributed by atoms with E-state index in [1.165, 1.54) is 17.5 Å². The predicted molar refractivity (Wildman–Crippen MR) is 75.7 cm³/mol. The average molecular weight is 349 g/mol. The van der Waals surface area contributed by atoms with Gasteiger partial charge in [-0.25, -0.2) is 4.79 Å². The van der Waals surface area contributed by atoms with Gasteiger partial charge in [0, 0.05) is 6.54 Å². The van der Waals surface area contributed by atoms with E-state index in [0.717, 1.165) is 11.3 Å². The third-order valence-corrected chi connectivity index (χ3v) is 4.18. The van der Waals surface area contributed by atoms with Crippen LogP contribution in [0.4, 0.5) is 18.0 Å². The Balaban J connectivity index is 2.32. The van der Waals surface area contributed by atoms with Gasteiger partial charge in [-0.15, -0.1) is 11.3 Å². The van der Waals surface area contributed by atoms with Gasteiger partial charge in [-0.2, -0.15) is 13.2 Å². The van der Waals surface area contributed by atoms with E-state index in [2.05, 4.69) is 0 Å². The second-order valence-electron chi connectivity index (χ2n) is 4.92. The van der Waals surface area contributed by atoms with Crippen molar-refractivity contribution >= 4 is 29.2 Å². The van der Waals surface area contributed by atoms with Crippen LogP contribution in [-0.4, -0.2) is 41.1 Å². The van der Waals surface area contributed by atoms with Crippen molar-refractivity contribution in [3.63, 3.8) is 0 Å². The molecule has 1 saturated heterocycles. The van der Waals surface area contributed by atoms with Gasteiger partial charge in [-0.05, 0) is 17.9 Å². The van der Waals surface area contributed by atoms with Gasteiger partial charge in [0.15, 0.2) is 0 Å². The van der Waals surface area contributed by atoms with Crippen LogP contribution in [0.15, 0.2) is 17.5 Å². The lowest BCUT2D eigenvalue weighted by molar-refractivity contribution is -0.200. The zero-order valence-corrected chi connectivity index (χ0v) is 12.9. The minimum Gasteiger partial charge on any atom is -0.313 e. The molecule has 0 aromatic carbocycles. The summed E-state index contributed by atoms with van der Waals surface area (Å²) in [6.45, 7) is 1.63. The van der Waals surface area contributed by atoms with E-state index < -0.39 is 29.7 Å². The van der Waals surface area contributed by atoms with Gasteiger partial charge in [0.1, 0.15) is 0 Å². The number of nitrogens with one attached hydrogen (secondary N) is 2. The monoisotopic (exact) mass is 349 g/mol. The average Bonchev–Trinajstić information content (AvgIpc) is 3.06. The van der Waals surface area contributed by atoms with E-state index in [1.807, 2.05) is 0 Å². The van der Waals surface area contributed by atoms with Crippen molar-refractivity contribution in [2.45, 2.75) is 31.6 Å². The SMILES string of the molecule is CCCCN1C(=O)N[C@@](NC(=O)c2cccs2)(C(F)(F)F)C1=O. The molecule has 1 aliphatic rings. The number of imide groups is 1. The second-order valence-corrected chi connectivity index (χ2v) is 5.87. The molecule has 0 aliphatic carbocycles. The summed E-state index contributed by atoms with van der Waals surface area (Å²) < 4.78 is 40.4. The lowest BCUT2D eigenvalue weighted by Gasteiger charge is -2.29. The Morgan fingerprint density at radius 3 is 2.65 bits per heavy atom. The van der Waals surface area contributed by atoms with Gasteiger partial charge in [0.2, 0.25) is 0 Å². The lowest BCUT2D eigenvalue weighted by Crippen LogP contribution is -2.69. The Labute approximate surface area is 133 Å². The number of alkyl halides is 3. The molecular formula is C13H14F3N3O3S. The quantitative estimate of drug-likeness (QED) is 0.799. The molecule has 1 fully saturated rings. The molecule has 0 unspecified atom stereocenters. The van der Waals surface area contributed by atoms with Crippen LogP contribution < -0.4 is 10.6 Å². The number of hydrogen-bond acceptors (Lipinski definition) is 4. The van der Waals surface area contributed by atoms with Crippen LogP contribution in [0.2, 0.25) is 0 Å². The first-order valence-corrected chi connectivity index (χ1v) is 7.67. The van der Waals surface area contributed by atoms with E-state index in [9.17, 15) is 27.6 Å². The van der Waals surface area contributed by atoms with Crippen LogP contribution in [0.3, 0.4) is 0 Å². The molecule has 6 nitrogen and oxygen atoms in total. The minimum atomic E-state index is -5.17. The Morgan fingerprint density at radius 1 is 1.43 bits per heavy atom. The predicted octanol–water partition coefficient (Wildman–Crippen LogP) is 2.09. The highest BCUT2D eigenvalue weighted by molar-refractivity contribution is 7.12. The summed E-state index contributed by atoms with van der Waals surface area (Å²) in [5, 5.41) is 4.75. The van der Waals surface area contributed by atoms with Gasteiger partial charge in [-0.1, -0.05) is 19.4 Å². The molecule has 1 aliphatic heterocycles. The van der Waals surface area contributed by atoms with Gasteiger partial charge >= 0.3 is 12.2 Å². The zero-order chi connectivity index (χ0) is 17.3. The van der Waals surface area contributed by atoms with Crippen LogP contribution in [0, 0.1) is 0 Å². The third kappa shape index (κ3) is 3.03. The van der Waals surface area contributed by atoms with Gasteiger partial charge in [0.25, 0.3) is 17.5 Å². The molecule has 1 atom stereocenters. The number of hydrogen-bond donors (Lipinski definition) is 2. The summed E-state index contributed by atoms with van der Waals surface area (Å²) in [6.07, 6.45) is -4.21. The molecule has 1 aromatic rings. The maximum atomic E-state index is 13.5. The van der Waals surface area contributed by atoms with Gasteiger partial charge in [0.05, 0.1) is 4.88 Å². The Morgan fingerprint density at radius 2 is 2.13 bits per heavy atom. The van der Waals surface area contributed by atoms with Crippen molar-refractivity contribution in [1.29, 1.82) is 0 Å². The van der Waals surface area contributed by atoms with Crippen molar-refractivity contribution in [2.24, 2.45) is 0 Å². The molecule has 23 heavy (non-hydrogen) atoms. The summed E-state index contributed by atoms with van der Waals surface area (Å²) >= 11 is 0.923. The molecule has 0 bridgehead atoms.